The summed E-state index contributed by atoms with van der Waals surface area (Å²) in [5.74, 6) is 0.773. The number of H-pyrrole nitrogens is 1. The van der Waals surface area contributed by atoms with E-state index in [1.54, 1.807) is 37.5 Å². The van der Waals surface area contributed by atoms with E-state index in [4.69, 9.17) is 4.74 Å². The average Bonchev–Trinajstić information content (AvgIpc) is 2.61. The van der Waals surface area contributed by atoms with Gasteiger partial charge >= 0.3 is 5.69 Å². The van der Waals surface area contributed by atoms with E-state index in [2.05, 4.69) is 10.1 Å². The predicted molar refractivity (Wildman–Crippen MR) is 94.7 cm³/mol. The van der Waals surface area contributed by atoms with Crippen LogP contribution in [0, 0.1) is 0 Å². The summed E-state index contributed by atoms with van der Waals surface area (Å²) >= 11 is 0. The number of aromatic nitrogens is 2. The van der Waals surface area contributed by atoms with Gasteiger partial charge in [-0.05, 0) is 35.9 Å². The lowest BCUT2D eigenvalue weighted by Crippen LogP contribution is -2.32. The van der Waals surface area contributed by atoms with Gasteiger partial charge in [0.2, 0.25) is 0 Å². The summed E-state index contributed by atoms with van der Waals surface area (Å²) in [5.41, 5.74) is 0.408. The zero-order valence-electron chi connectivity index (χ0n) is 13.0. The van der Waals surface area contributed by atoms with Crippen LogP contribution in [-0.4, -0.2) is 23.0 Å². The fourth-order valence-corrected chi connectivity index (χ4v) is 2.23. The Hall–Kier alpha value is -3.41. The zero-order chi connectivity index (χ0) is 16.9. The molecule has 24 heavy (non-hydrogen) atoms. The van der Waals surface area contributed by atoms with Gasteiger partial charge in [-0.15, -0.1) is 4.68 Å². The number of hydrogen-bond donors (Lipinski definition) is 1. The van der Waals surface area contributed by atoms with E-state index in [-0.39, 0.29) is 0 Å². The van der Waals surface area contributed by atoms with E-state index in [1.807, 2.05) is 30.3 Å². The minimum Gasteiger partial charge on any atom is -0.497 e. The maximum Gasteiger partial charge on any atom is 0.349 e. The van der Waals surface area contributed by atoms with E-state index in [0.717, 1.165) is 16.0 Å². The van der Waals surface area contributed by atoms with Gasteiger partial charge in [-0.1, -0.05) is 30.3 Å². The first kappa shape index (κ1) is 15.5. The van der Waals surface area contributed by atoms with Crippen molar-refractivity contribution in [3.8, 4) is 5.75 Å². The van der Waals surface area contributed by atoms with Gasteiger partial charge < -0.3 is 9.72 Å². The molecule has 3 rings (SSSR count). The molecule has 1 heterocycles. The maximum atomic E-state index is 12.3. The Labute approximate surface area is 137 Å². The van der Waals surface area contributed by atoms with E-state index in [0.29, 0.717) is 10.9 Å². The van der Waals surface area contributed by atoms with Crippen LogP contribution in [0.4, 0.5) is 0 Å². The molecule has 6 nitrogen and oxygen atoms in total. The number of methoxy groups -OCH3 is 1. The fourth-order valence-electron chi connectivity index (χ4n) is 2.23. The molecular formula is C18H15N3O3. The van der Waals surface area contributed by atoms with Crippen LogP contribution in [0.25, 0.3) is 17.0 Å². The van der Waals surface area contributed by atoms with Gasteiger partial charge in [-0.2, -0.15) is 5.10 Å². The molecule has 1 aromatic heterocycles. The topological polar surface area (TPSA) is 76.5 Å². The molecule has 0 aliphatic carbocycles. The minimum absolute atomic E-state index is 0.411. The van der Waals surface area contributed by atoms with Crippen molar-refractivity contribution in [2.24, 2.45) is 5.10 Å². The van der Waals surface area contributed by atoms with Crippen molar-refractivity contribution in [3.05, 3.63) is 81.0 Å². The lowest BCUT2D eigenvalue weighted by Gasteiger charge is -2.00. The molecule has 2 aromatic carbocycles. The molecule has 0 fully saturated rings. The van der Waals surface area contributed by atoms with Crippen LogP contribution >= 0.6 is 0 Å². The van der Waals surface area contributed by atoms with Gasteiger partial charge in [0, 0.05) is 6.21 Å². The van der Waals surface area contributed by atoms with Crippen molar-refractivity contribution >= 4 is 23.2 Å². The van der Waals surface area contributed by atoms with Gasteiger partial charge in [-0.3, -0.25) is 4.79 Å². The van der Waals surface area contributed by atoms with Crippen LogP contribution in [0.3, 0.4) is 0 Å². The Kier molecular flexibility index (Phi) is 4.38. The number of rotatable bonds is 4. The normalized spacial score (nSPS) is 11.5. The Bertz CT molecular complexity index is 1030. The summed E-state index contributed by atoms with van der Waals surface area (Å²) in [6, 6.07) is 14.3. The third kappa shape index (κ3) is 3.17. The average molecular weight is 321 g/mol. The molecule has 1 N–H and O–H groups in total. The second kappa shape index (κ2) is 6.78. The summed E-state index contributed by atoms with van der Waals surface area (Å²) in [6.45, 7) is 0. The van der Waals surface area contributed by atoms with Crippen molar-refractivity contribution in [1.29, 1.82) is 0 Å². The molecule has 6 heteroatoms. The largest absolute Gasteiger partial charge is 0.497 e. The van der Waals surface area contributed by atoms with Crippen LogP contribution in [0.2, 0.25) is 0 Å². The Balaban J connectivity index is 1.86. The van der Waals surface area contributed by atoms with Gasteiger partial charge in [-0.25, -0.2) is 4.79 Å². The number of allylic oxidation sites excluding steroid dienone is 1. The first-order valence-corrected chi connectivity index (χ1v) is 7.28. The van der Waals surface area contributed by atoms with Crippen LogP contribution < -0.4 is 16.0 Å². The third-order valence-corrected chi connectivity index (χ3v) is 3.46. The number of nitrogens with one attached hydrogen (secondary N) is 1. The Morgan fingerprint density at radius 3 is 2.58 bits per heavy atom. The smallest absolute Gasteiger partial charge is 0.349 e. The van der Waals surface area contributed by atoms with Crippen molar-refractivity contribution in [1.82, 2.24) is 9.66 Å². The van der Waals surface area contributed by atoms with E-state index in [1.165, 1.54) is 6.21 Å². The number of hydrogen-bond acceptors (Lipinski definition) is 4. The predicted octanol–water partition coefficient (Wildman–Crippen LogP) is 2.25. The van der Waals surface area contributed by atoms with Crippen LogP contribution in [-0.2, 0) is 0 Å². The molecule has 3 aromatic rings. The Morgan fingerprint density at radius 1 is 1.08 bits per heavy atom. The molecule has 0 bridgehead atoms. The van der Waals surface area contributed by atoms with Crippen molar-refractivity contribution in [3.63, 3.8) is 0 Å². The van der Waals surface area contributed by atoms with E-state index >= 15 is 0 Å². The number of ether oxygens (including phenoxy) is 1. The number of aromatic amines is 1. The first-order chi connectivity index (χ1) is 11.7. The number of benzene rings is 2. The molecule has 0 spiro atoms. The highest BCUT2D eigenvalue weighted by molar-refractivity contribution is 5.79. The lowest BCUT2D eigenvalue weighted by atomic mass is 10.2. The summed E-state index contributed by atoms with van der Waals surface area (Å²) < 4.78 is 5.89. The van der Waals surface area contributed by atoms with Gasteiger partial charge in [0.25, 0.3) is 5.56 Å². The lowest BCUT2D eigenvalue weighted by molar-refractivity contribution is 0.415. The molecule has 0 saturated carbocycles. The fraction of sp³-hybridized carbons (Fsp3) is 0.0556. The molecule has 0 radical (unpaired) electrons. The number of fused-ring (bicyclic) bond motifs is 1. The molecule has 0 amide bonds. The monoisotopic (exact) mass is 321 g/mol. The minimum atomic E-state index is -0.576. The van der Waals surface area contributed by atoms with E-state index in [9.17, 15) is 9.59 Å². The highest BCUT2D eigenvalue weighted by atomic mass is 16.5. The first-order valence-electron chi connectivity index (χ1n) is 7.28. The van der Waals surface area contributed by atoms with Crippen molar-refractivity contribution in [2.45, 2.75) is 0 Å². The number of para-hydroxylation sites is 1. The number of nitrogens with zero attached hydrogens (tertiary/aromatic N) is 2. The summed E-state index contributed by atoms with van der Waals surface area (Å²) in [5, 5.41) is 4.34. The molecule has 0 aliphatic heterocycles. The quantitative estimate of drug-likeness (QED) is 0.749. The van der Waals surface area contributed by atoms with Crippen LogP contribution in [0.5, 0.6) is 5.75 Å². The van der Waals surface area contributed by atoms with Crippen LogP contribution in [0.15, 0.2) is 69.3 Å². The van der Waals surface area contributed by atoms with Crippen molar-refractivity contribution in [2.75, 3.05) is 7.11 Å². The summed E-state index contributed by atoms with van der Waals surface area (Å²) in [7, 11) is 1.61. The zero-order valence-corrected chi connectivity index (χ0v) is 13.0. The third-order valence-electron chi connectivity index (χ3n) is 3.46. The SMILES string of the molecule is COc1ccc(C=CC=Nn2c(=O)[nH]c3ccccc3c2=O)cc1. The highest BCUT2D eigenvalue weighted by Gasteiger charge is 2.04. The maximum absolute atomic E-state index is 12.3. The van der Waals surface area contributed by atoms with Gasteiger partial charge in [0.05, 0.1) is 18.0 Å². The molecular weight excluding hydrogens is 306 g/mol. The van der Waals surface area contributed by atoms with Crippen molar-refractivity contribution < 1.29 is 4.74 Å². The molecule has 0 atom stereocenters. The summed E-state index contributed by atoms with van der Waals surface area (Å²) in [6.07, 6.45) is 4.86. The van der Waals surface area contributed by atoms with Crippen LogP contribution in [0.1, 0.15) is 5.56 Å². The van der Waals surface area contributed by atoms with Gasteiger partial charge in [0.1, 0.15) is 5.75 Å². The highest BCUT2D eigenvalue weighted by Crippen LogP contribution is 2.11. The molecule has 0 unspecified atom stereocenters. The molecule has 0 saturated heterocycles. The molecule has 120 valence electrons. The summed E-state index contributed by atoms with van der Waals surface area (Å²) in [4.78, 5) is 26.8. The second-order valence-corrected chi connectivity index (χ2v) is 4.99. The standard InChI is InChI=1S/C18H15N3O3/c1-24-14-10-8-13(9-11-14)5-4-12-19-21-17(22)15-6-2-3-7-16(15)20-18(21)23/h2-12H,1H3,(H,20,23). The Morgan fingerprint density at radius 2 is 1.83 bits per heavy atom. The van der Waals surface area contributed by atoms with Gasteiger partial charge in [0.15, 0.2) is 0 Å². The van der Waals surface area contributed by atoms with E-state index < -0.39 is 11.2 Å². The second-order valence-electron chi connectivity index (χ2n) is 4.99. The molecule has 0 aliphatic rings.